The summed E-state index contributed by atoms with van der Waals surface area (Å²) in [5.41, 5.74) is 0. The molecule has 0 atom stereocenters. The van der Waals surface area contributed by atoms with Gasteiger partial charge in [0.25, 0.3) is 0 Å². The molecule has 0 bridgehead atoms. The van der Waals surface area contributed by atoms with Crippen molar-refractivity contribution in [3.63, 3.8) is 0 Å². The van der Waals surface area contributed by atoms with Crippen LogP contribution in [0.5, 0.6) is 0 Å². The van der Waals surface area contributed by atoms with E-state index in [0.717, 1.165) is 18.9 Å². The van der Waals surface area contributed by atoms with Gasteiger partial charge in [0.15, 0.2) is 5.12 Å². The van der Waals surface area contributed by atoms with Crippen LogP contribution < -0.4 is 0 Å². The van der Waals surface area contributed by atoms with Crippen LogP contribution in [0.15, 0.2) is 0 Å². The quantitative estimate of drug-likeness (QED) is 0.359. The Morgan fingerprint density at radius 1 is 1.00 bits per heavy atom. The molecule has 0 aliphatic heterocycles. The maximum Gasteiger partial charge on any atom is 0.500 e. The molecule has 0 aromatic carbocycles. The number of thiol groups is 1. The van der Waals surface area contributed by atoms with Crippen LogP contribution in [0.3, 0.4) is 0 Å². The molecule has 0 rings (SSSR count). The fourth-order valence-corrected chi connectivity index (χ4v) is 4.46. The van der Waals surface area contributed by atoms with E-state index in [0.29, 0.717) is 26.2 Å². The first kappa shape index (κ1) is 17.1. The molecule has 0 fully saturated rings. The zero-order chi connectivity index (χ0) is 13.1. The van der Waals surface area contributed by atoms with Crippen molar-refractivity contribution in [2.45, 2.75) is 46.1 Å². The van der Waals surface area contributed by atoms with Crippen LogP contribution >= 0.6 is 12.6 Å². The summed E-state index contributed by atoms with van der Waals surface area (Å²) in [6.45, 7) is 7.61. The second-order valence-electron chi connectivity index (χ2n) is 3.58. The van der Waals surface area contributed by atoms with Gasteiger partial charge >= 0.3 is 8.80 Å². The van der Waals surface area contributed by atoms with Crippen molar-refractivity contribution in [2.75, 3.05) is 19.8 Å². The molecule has 0 radical (unpaired) electrons. The summed E-state index contributed by atoms with van der Waals surface area (Å²) in [5.74, 6) is 0. The first-order chi connectivity index (χ1) is 8.10. The number of hydrogen-bond donors (Lipinski definition) is 1. The van der Waals surface area contributed by atoms with E-state index >= 15 is 0 Å². The van der Waals surface area contributed by atoms with E-state index in [-0.39, 0.29) is 5.12 Å². The molecule has 4 nitrogen and oxygen atoms in total. The van der Waals surface area contributed by atoms with Crippen molar-refractivity contribution in [2.24, 2.45) is 0 Å². The van der Waals surface area contributed by atoms with Crippen LogP contribution in [0.2, 0.25) is 6.04 Å². The lowest BCUT2D eigenvalue weighted by Gasteiger charge is -2.28. The monoisotopic (exact) mass is 280 g/mol. The average Bonchev–Trinajstić information content (AvgIpc) is 2.25. The lowest BCUT2D eigenvalue weighted by atomic mass is 10.3. The Balaban J connectivity index is 4.18. The SMILES string of the molecule is CCO[Si](CCCCC(=O)S)(OCC)OCC. The predicted molar refractivity (Wildman–Crippen MR) is 73.3 cm³/mol. The molecule has 0 amide bonds. The number of carbonyl (C=O) groups excluding carboxylic acids is 1. The van der Waals surface area contributed by atoms with Crippen LogP contribution in [-0.2, 0) is 18.1 Å². The van der Waals surface area contributed by atoms with Crippen LogP contribution in [0.1, 0.15) is 40.0 Å². The molecule has 0 unspecified atom stereocenters. The Hall–Kier alpha value is 0.117. The molecule has 0 aliphatic rings. The molecule has 17 heavy (non-hydrogen) atoms. The topological polar surface area (TPSA) is 44.8 Å². The summed E-state index contributed by atoms with van der Waals surface area (Å²) in [7, 11) is -2.50. The molecule has 0 saturated heterocycles. The van der Waals surface area contributed by atoms with Crippen molar-refractivity contribution in [1.29, 1.82) is 0 Å². The number of hydrogen-bond acceptors (Lipinski definition) is 4. The summed E-state index contributed by atoms with van der Waals surface area (Å²) in [4.78, 5) is 10.7. The van der Waals surface area contributed by atoms with Crippen molar-refractivity contribution < 1.29 is 18.1 Å². The van der Waals surface area contributed by atoms with E-state index in [4.69, 9.17) is 13.3 Å². The Labute approximate surface area is 111 Å². The molecule has 0 aromatic rings. The Kier molecular flexibility index (Phi) is 10.1. The van der Waals surface area contributed by atoms with Gasteiger partial charge in [-0.15, -0.1) is 12.6 Å². The van der Waals surface area contributed by atoms with Crippen molar-refractivity contribution in [3.8, 4) is 0 Å². The highest BCUT2D eigenvalue weighted by atomic mass is 32.1. The van der Waals surface area contributed by atoms with Gasteiger partial charge in [-0.05, 0) is 33.6 Å². The molecule has 0 aromatic heterocycles. The van der Waals surface area contributed by atoms with Gasteiger partial charge in [-0.25, -0.2) is 0 Å². The fraction of sp³-hybridized carbons (Fsp3) is 0.909. The summed E-state index contributed by atoms with van der Waals surface area (Å²) >= 11 is 3.75. The summed E-state index contributed by atoms with van der Waals surface area (Å²) in [6, 6.07) is 0.767. The minimum atomic E-state index is -2.50. The van der Waals surface area contributed by atoms with Gasteiger partial charge in [0.1, 0.15) is 0 Å². The molecular weight excluding hydrogens is 256 g/mol. The normalized spacial score (nSPS) is 11.8. The highest BCUT2D eigenvalue weighted by Gasteiger charge is 2.39. The zero-order valence-electron chi connectivity index (χ0n) is 11.0. The van der Waals surface area contributed by atoms with Gasteiger partial charge in [0.2, 0.25) is 0 Å². The van der Waals surface area contributed by atoms with Crippen molar-refractivity contribution >= 4 is 26.5 Å². The second-order valence-corrected chi connectivity index (χ2v) is 6.81. The van der Waals surface area contributed by atoms with E-state index in [1.165, 1.54) is 0 Å². The number of carbonyl (C=O) groups is 1. The van der Waals surface area contributed by atoms with Gasteiger partial charge in [0.05, 0.1) is 0 Å². The van der Waals surface area contributed by atoms with Gasteiger partial charge in [-0.2, -0.15) is 0 Å². The van der Waals surface area contributed by atoms with Crippen LogP contribution in [-0.4, -0.2) is 33.7 Å². The third-order valence-corrected chi connectivity index (χ3v) is 5.59. The summed E-state index contributed by atoms with van der Waals surface area (Å²) in [6.07, 6.45) is 2.18. The highest BCUT2D eigenvalue weighted by molar-refractivity contribution is 7.96. The molecule has 6 heteroatoms. The fourth-order valence-electron chi connectivity index (χ4n) is 1.62. The van der Waals surface area contributed by atoms with Gasteiger partial charge < -0.3 is 13.3 Å². The Bertz CT molecular complexity index is 197. The molecule has 102 valence electrons. The third kappa shape index (κ3) is 7.94. The zero-order valence-corrected chi connectivity index (χ0v) is 12.9. The lowest BCUT2D eigenvalue weighted by Crippen LogP contribution is -2.45. The second kappa shape index (κ2) is 10.1. The van der Waals surface area contributed by atoms with Crippen LogP contribution in [0, 0.1) is 0 Å². The lowest BCUT2D eigenvalue weighted by molar-refractivity contribution is -0.110. The largest absolute Gasteiger partial charge is 0.500 e. The van der Waals surface area contributed by atoms with E-state index in [1.54, 1.807) is 0 Å². The van der Waals surface area contributed by atoms with Gasteiger partial charge in [-0.3, -0.25) is 4.79 Å². The Morgan fingerprint density at radius 3 is 1.82 bits per heavy atom. The minimum absolute atomic E-state index is 0.0681. The minimum Gasteiger partial charge on any atom is -0.374 e. The highest BCUT2D eigenvalue weighted by Crippen LogP contribution is 2.20. The average molecular weight is 280 g/mol. The van der Waals surface area contributed by atoms with E-state index in [2.05, 4.69) is 12.6 Å². The van der Waals surface area contributed by atoms with Gasteiger partial charge in [-0.1, -0.05) is 0 Å². The molecule has 0 spiro atoms. The molecular formula is C11H24O4SSi. The van der Waals surface area contributed by atoms with Crippen LogP contribution in [0.25, 0.3) is 0 Å². The van der Waals surface area contributed by atoms with Crippen molar-refractivity contribution in [1.82, 2.24) is 0 Å². The van der Waals surface area contributed by atoms with E-state index in [1.807, 2.05) is 20.8 Å². The van der Waals surface area contributed by atoms with Crippen molar-refractivity contribution in [3.05, 3.63) is 0 Å². The first-order valence-corrected chi connectivity index (χ1v) is 8.61. The molecule has 0 aliphatic carbocycles. The Morgan fingerprint density at radius 2 is 1.47 bits per heavy atom. The smallest absolute Gasteiger partial charge is 0.374 e. The van der Waals surface area contributed by atoms with Gasteiger partial charge in [0, 0.05) is 32.3 Å². The summed E-state index contributed by atoms with van der Waals surface area (Å²) in [5, 5.41) is -0.0681. The third-order valence-electron chi connectivity index (χ3n) is 2.22. The first-order valence-electron chi connectivity index (χ1n) is 6.23. The number of rotatable bonds is 11. The maximum atomic E-state index is 10.7. The molecule has 0 N–H and O–H groups in total. The predicted octanol–water partition coefficient (Wildman–Crippen LogP) is 2.66. The molecule has 0 heterocycles. The molecule has 0 saturated carbocycles. The van der Waals surface area contributed by atoms with E-state index < -0.39 is 8.80 Å². The van der Waals surface area contributed by atoms with E-state index in [9.17, 15) is 4.79 Å². The number of unbranched alkanes of at least 4 members (excludes halogenated alkanes) is 1. The van der Waals surface area contributed by atoms with Crippen LogP contribution in [0.4, 0.5) is 0 Å². The standard InChI is InChI=1S/C11H24O4SSi/c1-4-13-17(14-5-2,15-6-3)10-8-7-9-11(12)16/h4-10H2,1-3H3,(H,12,16). The summed E-state index contributed by atoms with van der Waals surface area (Å²) < 4.78 is 17.1. The maximum absolute atomic E-state index is 10.7.